The number of nitrogens with one attached hydrogen (secondary N) is 1. The molecule has 0 atom stereocenters. The summed E-state index contributed by atoms with van der Waals surface area (Å²) < 4.78 is 0. The van der Waals surface area contributed by atoms with E-state index in [1.165, 1.54) is 0 Å². The fourth-order valence-electron chi connectivity index (χ4n) is 2.85. The van der Waals surface area contributed by atoms with Crippen LogP contribution in [0.4, 0.5) is 23.4 Å². The van der Waals surface area contributed by atoms with Gasteiger partial charge in [-0.05, 0) is 30.3 Å². The average molecular weight is 359 g/mol. The van der Waals surface area contributed by atoms with Gasteiger partial charge in [0.2, 0.25) is 11.9 Å². The second-order valence-electron chi connectivity index (χ2n) is 5.98. The maximum atomic E-state index is 8.87. The highest BCUT2D eigenvalue weighted by atomic mass is 15.4. The molecule has 9 nitrogen and oxygen atoms in total. The van der Waals surface area contributed by atoms with Crippen LogP contribution >= 0.6 is 0 Å². The van der Waals surface area contributed by atoms with E-state index in [2.05, 4.69) is 46.3 Å². The summed E-state index contributed by atoms with van der Waals surface area (Å²) in [5, 5.41) is 20.1. The Morgan fingerprint density at radius 2 is 1.67 bits per heavy atom. The van der Waals surface area contributed by atoms with Crippen molar-refractivity contribution in [3.8, 4) is 6.07 Å². The summed E-state index contributed by atoms with van der Waals surface area (Å²) in [7, 11) is 0. The van der Waals surface area contributed by atoms with Crippen LogP contribution in [-0.4, -0.2) is 51.3 Å². The standard InChI is InChI=1S/C18H17N9/c19-12-14-2-4-15(5-3-14)23-17-24-16(13-22-25-17)26-8-10-27(11-9-26)18-20-6-1-7-21-18/h1-7,13H,8-11H2,(H,23,24,25). The topological polar surface area (TPSA) is 107 Å². The van der Waals surface area contributed by atoms with Crippen LogP contribution in [0, 0.1) is 11.3 Å². The minimum absolute atomic E-state index is 0.422. The van der Waals surface area contributed by atoms with Gasteiger partial charge in [0.15, 0.2) is 5.82 Å². The van der Waals surface area contributed by atoms with Crippen LogP contribution in [0.3, 0.4) is 0 Å². The van der Waals surface area contributed by atoms with Gasteiger partial charge in [-0.1, -0.05) is 0 Å². The fraction of sp³-hybridized carbons (Fsp3) is 0.222. The highest BCUT2D eigenvalue weighted by Gasteiger charge is 2.20. The number of nitriles is 1. The van der Waals surface area contributed by atoms with Crippen molar-refractivity contribution in [3.05, 3.63) is 54.5 Å². The summed E-state index contributed by atoms with van der Waals surface area (Å²) in [5.74, 6) is 1.95. The van der Waals surface area contributed by atoms with Gasteiger partial charge in [0, 0.05) is 44.3 Å². The Labute approximate surface area is 156 Å². The van der Waals surface area contributed by atoms with Gasteiger partial charge in [-0.15, -0.1) is 5.10 Å². The first-order valence-corrected chi connectivity index (χ1v) is 8.56. The van der Waals surface area contributed by atoms with E-state index in [0.717, 1.165) is 43.6 Å². The second kappa shape index (κ2) is 7.61. The van der Waals surface area contributed by atoms with E-state index < -0.39 is 0 Å². The maximum Gasteiger partial charge on any atom is 0.249 e. The Balaban J connectivity index is 1.41. The number of anilines is 4. The van der Waals surface area contributed by atoms with Gasteiger partial charge >= 0.3 is 0 Å². The van der Waals surface area contributed by atoms with Crippen molar-refractivity contribution < 1.29 is 0 Å². The molecule has 2 aromatic heterocycles. The zero-order valence-electron chi connectivity index (χ0n) is 14.5. The molecular weight excluding hydrogens is 342 g/mol. The zero-order chi connectivity index (χ0) is 18.5. The number of rotatable bonds is 4. The monoisotopic (exact) mass is 359 g/mol. The largest absolute Gasteiger partial charge is 0.352 e. The molecule has 0 unspecified atom stereocenters. The second-order valence-corrected chi connectivity index (χ2v) is 5.98. The number of piperazine rings is 1. The van der Waals surface area contributed by atoms with Crippen LogP contribution < -0.4 is 15.1 Å². The van der Waals surface area contributed by atoms with E-state index in [1.54, 1.807) is 30.7 Å². The third-order valence-corrected chi connectivity index (χ3v) is 4.25. The molecule has 4 rings (SSSR count). The molecule has 0 radical (unpaired) electrons. The molecule has 134 valence electrons. The van der Waals surface area contributed by atoms with Crippen LogP contribution in [0.25, 0.3) is 0 Å². The Hall–Kier alpha value is -3.80. The van der Waals surface area contributed by atoms with Crippen molar-refractivity contribution in [2.75, 3.05) is 41.3 Å². The molecule has 1 aliphatic heterocycles. The first-order valence-electron chi connectivity index (χ1n) is 8.56. The molecule has 1 saturated heterocycles. The number of hydrogen-bond donors (Lipinski definition) is 1. The molecule has 0 aliphatic carbocycles. The van der Waals surface area contributed by atoms with Gasteiger partial charge in [-0.3, -0.25) is 0 Å². The van der Waals surface area contributed by atoms with E-state index in [0.29, 0.717) is 11.5 Å². The third-order valence-electron chi connectivity index (χ3n) is 4.25. The molecule has 1 fully saturated rings. The SMILES string of the molecule is N#Cc1ccc(Nc2nncc(N3CCN(c4ncccn4)CC3)n2)cc1. The molecule has 9 heteroatoms. The summed E-state index contributed by atoms with van der Waals surface area (Å²) in [5.41, 5.74) is 1.41. The van der Waals surface area contributed by atoms with E-state index in [-0.39, 0.29) is 0 Å². The summed E-state index contributed by atoms with van der Waals surface area (Å²) >= 11 is 0. The minimum atomic E-state index is 0.422. The van der Waals surface area contributed by atoms with Crippen molar-refractivity contribution >= 4 is 23.4 Å². The highest BCUT2D eigenvalue weighted by Crippen LogP contribution is 2.18. The van der Waals surface area contributed by atoms with Gasteiger partial charge in [0.1, 0.15) is 0 Å². The van der Waals surface area contributed by atoms with Crippen LogP contribution in [-0.2, 0) is 0 Å². The third kappa shape index (κ3) is 3.90. The Bertz CT molecular complexity index is 929. The Kier molecular flexibility index (Phi) is 4.70. The summed E-state index contributed by atoms with van der Waals surface area (Å²) in [6, 6.07) is 11.0. The predicted octanol–water partition coefficient (Wildman–Crippen LogP) is 1.60. The lowest BCUT2D eigenvalue weighted by Gasteiger charge is -2.35. The van der Waals surface area contributed by atoms with Crippen LogP contribution in [0.5, 0.6) is 0 Å². The number of nitrogens with zero attached hydrogens (tertiary/aromatic N) is 8. The smallest absolute Gasteiger partial charge is 0.249 e. The molecule has 3 aromatic rings. The van der Waals surface area contributed by atoms with Crippen molar-refractivity contribution in [1.29, 1.82) is 5.26 Å². The normalized spacial score (nSPS) is 13.9. The number of aromatic nitrogens is 5. The molecule has 0 amide bonds. The quantitative estimate of drug-likeness (QED) is 0.743. The van der Waals surface area contributed by atoms with Crippen molar-refractivity contribution in [3.63, 3.8) is 0 Å². The zero-order valence-corrected chi connectivity index (χ0v) is 14.5. The lowest BCUT2D eigenvalue weighted by Crippen LogP contribution is -2.47. The molecule has 1 aromatic carbocycles. The minimum Gasteiger partial charge on any atom is -0.352 e. The average Bonchev–Trinajstić information content (AvgIpc) is 2.75. The summed E-state index contributed by atoms with van der Waals surface area (Å²) in [6.45, 7) is 3.22. The van der Waals surface area contributed by atoms with Crippen LogP contribution in [0.1, 0.15) is 5.56 Å². The summed E-state index contributed by atoms with van der Waals surface area (Å²) in [4.78, 5) is 17.5. The van der Waals surface area contributed by atoms with Crippen molar-refractivity contribution in [2.45, 2.75) is 0 Å². The Morgan fingerprint density at radius 3 is 2.37 bits per heavy atom. The molecule has 27 heavy (non-hydrogen) atoms. The number of hydrogen-bond acceptors (Lipinski definition) is 9. The van der Waals surface area contributed by atoms with Gasteiger partial charge in [0.05, 0.1) is 17.8 Å². The molecule has 0 bridgehead atoms. The van der Waals surface area contributed by atoms with E-state index in [1.807, 2.05) is 18.2 Å². The van der Waals surface area contributed by atoms with Gasteiger partial charge in [-0.2, -0.15) is 15.3 Å². The predicted molar refractivity (Wildman–Crippen MR) is 101 cm³/mol. The van der Waals surface area contributed by atoms with Crippen LogP contribution in [0.15, 0.2) is 48.9 Å². The van der Waals surface area contributed by atoms with Gasteiger partial charge in [-0.25, -0.2) is 9.97 Å². The summed E-state index contributed by atoms with van der Waals surface area (Å²) in [6.07, 6.45) is 5.17. The van der Waals surface area contributed by atoms with E-state index >= 15 is 0 Å². The molecule has 0 spiro atoms. The van der Waals surface area contributed by atoms with Gasteiger partial charge < -0.3 is 15.1 Å². The highest BCUT2D eigenvalue weighted by molar-refractivity contribution is 5.56. The Morgan fingerprint density at radius 1 is 0.963 bits per heavy atom. The molecule has 1 aliphatic rings. The van der Waals surface area contributed by atoms with Crippen molar-refractivity contribution in [1.82, 2.24) is 25.1 Å². The first-order chi connectivity index (χ1) is 13.3. The fourth-order valence-corrected chi connectivity index (χ4v) is 2.85. The van der Waals surface area contributed by atoms with Gasteiger partial charge in [0.25, 0.3) is 0 Å². The molecular formula is C18H17N9. The van der Waals surface area contributed by atoms with Crippen LogP contribution in [0.2, 0.25) is 0 Å². The molecule has 1 N–H and O–H groups in total. The number of benzene rings is 1. The van der Waals surface area contributed by atoms with E-state index in [4.69, 9.17) is 5.26 Å². The maximum absolute atomic E-state index is 8.87. The molecule has 3 heterocycles. The lowest BCUT2D eigenvalue weighted by atomic mass is 10.2. The van der Waals surface area contributed by atoms with Crippen molar-refractivity contribution in [2.24, 2.45) is 0 Å². The van der Waals surface area contributed by atoms with E-state index in [9.17, 15) is 0 Å². The first kappa shape index (κ1) is 16.7. The molecule has 0 saturated carbocycles. The lowest BCUT2D eigenvalue weighted by molar-refractivity contribution is 0.632.